The van der Waals surface area contributed by atoms with E-state index in [1.807, 2.05) is 0 Å². The predicted octanol–water partition coefficient (Wildman–Crippen LogP) is 12.3. The molecule has 0 radical (unpaired) electrons. The molecule has 9 rings (SSSR count). The Morgan fingerprint density at radius 3 is 0.929 bits per heavy atom. The minimum absolute atomic E-state index is 0.866. The van der Waals surface area contributed by atoms with Crippen LogP contribution in [0.15, 0.2) is 207 Å². The molecule has 0 amide bonds. The van der Waals surface area contributed by atoms with Crippen molar-refractivity contribution < 1.29 is 9.13 Å². The highest BCUT2D eigenvalue weighted by molar-refractivity contribution is 6.14. The Morgan fingerprint density at radius 2 is 0.589 bits per heavy atom. The molecular formula is C54H42N2+2. The summed E-state index contributed by atoms with van der Waals surface area (Å²) in [5.74, 6) is 0. The zero-order valence-electron chi connectivity index (χ0n) is 31.2. The highest BCUT2D eigenvalue weighted by Crippen LogP contribution is 2.35. The number of pyridine rings is 2. The fraction of sp³-hybridized carbons (Fsp3) is 0.0370. The second-order valence-corrected chi connectivity index (χ2v) is 14.3. The van der Waals surface area contributed by atoms with Crippen LogP contribution < -0.4 is 9.13 Å². The van der Waals surface area contributed by atoms with Gasteiger partial charge in [-0.15, -0.1) is 0 Å². The lowest BCUT2D eigenvalue weighted by molar-refractivity contribution is -0.688. The van der Waals surface area contributed by atoms with Crippen molar-refractivity contribution in [2.24, 2.45) is 0 Å². The van der Waals surface area contributed by atoms with Gasteiger partial charge in [0.25, 0.3) is 0 Å². The van der Waals surface area contributed by atoms with Crippen LogP contribution in [-0.2, 0) is 13.1 Å². The number of aromatic nitrogens is 2. The summed E-state index contributed by atoms with van der Waals surface area (Å²) in [4.78, 5) is 0. The molecule has 56 heavy (non-hydrogen) atoms. The normalized spacial score (nSPS) is 11.6. The maximum Gasteiger partial charge on any atom is 0.173 e. The van der Waals surface area contributed by atoms with E-state index in [1.54, 1.807) is 0 Å². The SMILES string of the molecule is C(=C\c1c2ccccc2c(/C=C/c2ccc(-c3cc[n+](Cc4ccccc4)cc3)cc2)c2ccccc12)/c1ccc(-c2cc[n+](Cc3ccccc3)cc2)cc1. The second-order valence-electron chi connectivity index (χ2n) is 14.3. The summed E-state index contributed by atoms with van der Waals surface area (Å²) in [5.41, 5.74) is 12.3. The van der Waals surface area contributed by atoms with Gasteiger partial charge in [0.15, 0.2) is 37.9 Å². The second kappa shape index (κ2) is 16.1. The third kappa shape index (κ3) is 7.73. The molecule has 0 bridgehead atoms. The van der Waals surface area contributed by atoms with Crippen molar-refractivity contribution in [2.45, 2.75) is 13.1 Å². The van der Waals surface area contributed by atoms with Crippen LogP contribution in [0.1, 0.15) is 33.4 Å². The number of fused-ring (bicyclic) bond motifs is 2. The van der Waals surface area contributed by atoms with Gasteiger partial charge in [-0.1, -0.05) is 182 Å². The number of rotatable bonds is 10. The Balaban J connectivity index is 0.942. The standard InChI is InChI=1S/C54H42N2/c1-3-11-43(12-4-1)39-55-35-31-47(32-36-55)45-25-19-41(20-26-45)23-29-53-49-15-7-9-17-51(49)54(52-18-10-8-16-50(52)53)30-24-42-21-27-46(28-22-42)48-33-37-56(38-34-48)40-44-13-5-2-6-14-44/h1-38H,39-40H2/q+2/b29-23+,30-24+. The molecule has 0 saturated heterocycles. The minimum atomic E-state index is 0.866. The Kier molecular flexibility index (Phi) is 9.92. The first-order valence-electron chi connectivity index (χ1n) is 19.3. The van der Waals surface area contributed by atoms with E-state index in [1.165, 1.54) is 77.2 Å². The van der Waals surface area contributed by atoms with Crippen molar-refractivity contribution in [1.82, 2.24) is 0 Å². The molecule has 9 aromatic rings. The summed E-state index contributed by atoms with van der Waals surface area (Å²) in [5, 5.41) is 4.98. The van der Waals surface area contributed by atoms with Crippen molar-refractivity contribution in [3.63, 3.8) is 0 Å². The van der Waals surface area contributed by atoms with E-state index in [0.29, 0.717) is 0 Å². The number of benzene rings is 7. The van der Waals surface area contributed by atoms with Crippen LogP contribution in [0.25, 0.3) is 68.1 Å². The Morgan fingerprint density at radius 1 is 0.286 bits per heavy atom. The smallest absolute Gasteiger partial charge is 0.173 e. The maximum atomic E-state index is 2.29. The van der Waals surface area contributed by atoms with E-state index in [2.05, 4.69) is 240 Å². The fourth-order valence-electron chi connectivity index (χ4n) is 7.59. The van der Waals surface area contributed by atoms with Gasteiger partial charge in [0, 0.05) is 35.4 Å². The first-order valence-corrected chi connectivity index (χ1v) is 19.3. The van der Waals surface area contributed by atoms with E-state index in [-0.39, 0.29) is 0 Å². The lowest BCUT2D eigenvalue weighted by atomic mass is 9.90. The Labute approximate surface area is 329 Å². The molecule has 2 aromatic heterocycles. The van der Waals surface area contributed by atoms with Crippen LogP contribution in [0.2, 0.25) is 0 Å². The summed E-state index contributed by atoms with van der Waals surface area (Å²) >= 11 is 0. The van der Waals surface area contributed by atoms with Gasteiger partial charge in [0.05, 0.1) is 0 Å². The van der Waals surface area contributed by atoms with Crippen LogP contribution in [-0.4, -0.2) is 0 Å². The number of nitrogens with zero attached hydrogens (tertiary/aromatic N) is 2. The molecule has 0 atom stereocenters. The van der Waals surface area contributed by atoms with E-state index in [4.69, 9.17) is 0 Å². The van der Waals surface area contributed by atoms with Crippen LogP contribution in [0.3, 0.4) is 0 Å². The van der Waals surface area contributed by atoms with Gasteiger partial charge in [-0.2, -0.15) is 0 Å². The van der Waals surface area contributed by atoms with E-state index >= 15 is 0 Å². The third-order valence-electron chi connectivity index (χ3n) is 10.6. The summed E-state index contributed by atoms with van der Waals surface area (Å²) in [6.45, 7) is 1.73. The van der Waals surface area contributed by atoms with Crippen molar-refractivity contribution >= 4 is 45.8 Å². The lowest BCUT2D eigenvalue weighted by Crippen LogP contribution is -2.32. The topological polar surface area (TPSA) is 7.76 Å². The zero-order chi connectivity index (χ0) is 37.5. The van der Waals surface area contributed by atoms with Crippen LogP contribution in [0.5, 0.6) is 0 Å². The number of hydrogen-bond donors (Lipinski definition) is 0. The third-order valence-corrected chi connectivity index (χ3v) is 10.6. The molecule has 2 nitrogen and oxygen atoms in total. The molecule has 0 unspecified atom stereocenters. The van der Waals surface area contributed by atoms with Gasteiger partial charge in [-0.25, -0.2) is 9.13 Å². The lowest BCUT2D eigenvalue weighted by Gasteiger charge is -2.13. The van der Waals surface area contributed by atoms with Gasteiger partial charge < -0.3 is 0 Å². The van der Waals surface area contributed by atoms with E-state index < -0.39 is 0 Å². The minimum Gasteiger partial charge on any atom is -0.201 e. The van der Waals surface area contributed by atoms with Gasteiger partial charge >= 0.3 is 0 Å². The van der Waals surface area contributed by atoms with Crippen molar-refractivity contribution in [2.75, 3.05) is 0 Å². The molecule has 0 saturated carbocycles. The molecule has 7 aromatic carbocycles. The van der Waals surface area contributed by atoms with Gasteiger partial charge in [0.1, 0.15) is 0 Å². The summed E-state index contributed by atoms with van der Waals surface area (Å²) in [7, 11) is 0. The molecule has 0 aliphatic carbocycles. The molecule has 0 fully saturated rings. The largest absolute Gasteiger partial charge is 0.201 e. The van der Waals surface area contributed by atoms with Crippen molar-refractivity contribution in [3.05, 3.63) is 240 Å². The molecule has 0 aliphatic rings. The Bertz CT molecular complexity index is 2530. The average Bonchev–Trinajstić information content (AvgIpc) is 3.26. The molecule has 0 N–H and O–H groups in total. The average molecular weight is 719 g/mol. The predicted molar refractivity (Wildman–Crippen MR) is 235 cm³/mol. The molecular weight excluding hydrogens is 677 g/mol. The summed E-state index contributed by atoms with van der Waals surface area (Å²) in [6, 6.07) is 65.2. The maximum absolute atomic E-state index is 2.29. The number of hydrogen-bond acceptors (Lipinski definition) is 0. The first kappa shape index (κ1) is 34.6. The quantitative estimate of drug-likeness (QED) is 0.0756. The van der Waals surface area contributed by atoms with Gasteiger partial charge in [0.2, 0.25) is 0 Å². The summed E-state index contributed by atoms with van der Waals surface area (Å²) in [6.07, 6.45) is 17.7. The summed E-state index contributed by atoms with van der Waals surface area (Å²) < 4.78 is 4.44. The van der Waals surface area contributed by atoms with Crippen molar-refractivity contribution in [1.29, 1.82) is 0 Å². The van der Waals surface area contributed by atoms with Gasteiger partial charge in [-0.3, -0.25) is 0 Å². The Hall–Kier alpha value is -7.16. The van der Waals surface area contributed by atoms with E-state index in [9.17, 15) is 0 Å². The molecule has 0 aliphatic heterocycles. The fourth-order valence-corrected chi connectivity index (χ4v) is 7.59. The zero-order valence-corrected chi connectivity index (χ0v) is 31.2. The molecule has 266 valence electrons. The van der Waals surface area contributed by atoms with Crippen LogP contribution in [0, 0.1) is 0 Å². The van der Waals surface area contributed by atoms with E-state index in [0.717, 1.165) is 13.1 Å². The monoisotopic (exact) mass is 718 g/mol. The molecule has 2 heterocycles. The molecule has 0 spiro atoms. The first-order chi connectivity index (χ1) is 27.7. The molecule has 2 heteroatoms. The van der Waals surface area contributed by atoms with Crippen LogP contribution in [0.4, 0.5) is 0 Å². The highest BCUT2D eigenvalue weighted by atomic mass is 14.9. The highest BCUT2D eigenvalue weighted by Gasteiger charge is 2.11. The van der Waals surface area contributed by atoms with Crippen LogP contribution >= 0.6 is 0 Å². The van der Waals surface area contributed by atoms with Gasteiger partial charge in [-0.05, 0) is 66.1 Å². The van der Waals surface area contributed by atoms with Crippen molar-refractivity contribution in [3.8, 4) is 22.3 Å².